The molecule has 13 heavy (non-hydrogen) atoms. The molecule has 0 saturated heterocycles. The molecule has 2 aliphatic carbocycles. The van der Waals surface area contributed by atoms with E-state index in [1.807, 2.05) is 0 Å². The van der Waals surface area contributed by atoms with Crippen molar-refractivity contribution in [1.29, 1.82) is 0 Å². The van der Waals surface area contributed by atoms with Crippen molar-refractivity contribution in [3.63, 3.8) is 0 Å². The average molecular weight is 195 g/mol. The third kappa shape index (κ3) is 1.55. The van der Waals surface area contributed by atoms with Crippen LogP contribution in [0.4, 0.5) is 5.13 Å². The van der Waals surface area contributed by atoms with Crippen LogP contribution in [0.3, 0.4) is 0 Å². The van der Waals surface area contributed by atoms with Crippen LogP contribution in [0.15, 0.2) is 0 Å². The lowest BCUT2D eigenvalue weighted by Gasteiger charge is -2.07. The summed E-state index contributed by atoms with van der Waals surface area (Å²) < 4.78 is 4.36. The van der Waals surface area contributed by atoms with Crippen LogP contribution in [0.1, 0.15) is 44.3 Å². The third-order valence-corrected chi connectivity index (χ3v) is 3.44. The van der Waals surface area contributed by atoms with Crippen molar-refractivity contribution in [3.05, 3.63) is 5.82 Å². The van der Waals surface area contributed by atoms with Gasteiger partial charge >= 0.3 is 0 Å². The van der Waals surface area contributed by atoms with Crippen molar-refractivity contribution in [2.45, 2.75) is 44.1 Å². The van der Waals surface area contributed by atoms with Crippen LogP contribution in [0.5, 0.6) is 0 Å². The van der Waals surface area contributed by atoms with Gasteiger partial charge in [0.2, 0.25) is 5.13 Å². The molecule has 2 saturated carbocycles. The van der Waals surface area contributed by atoms with Crippen molar-refractivity contribution >= 4 is 16.7 Å². The zero-order chi connectivity index (χ0) is 8.89. The molecule has 0 atom stereocenters. The molecular formula is C9H13N3S. The SMILES string of the molecule is CC1(Nc2nc(C3CC3)ns2)CC1. The largest absolute Gasteiger partial charge is 0.355 e. The molecule has 0 spiro atoms. The summed E-state index contributed by atoms with van der Waals surface area (Å²) in [6.45, 7) is 2.24. The Morgan fingerprint density at radius 1 is 1.46 bits per heavy atom. The molecule has 3 rings (SSSR count). The highest BCUT2D eigenvalue weighted by molar-refractivity contribution is 7.09. The summed E-state index contributed by atoms with van der Waals surface area (Å²) in [4.78, 5) is 4.49. The van der Waals surface area contributed by atoms with Crippen LogP contribution >= 0.6 is 11.5 Å². The second-order valence-corrected chi connectivity index (χ2v) is 5.17. The maximum Gasteiger partial charge on any atom is 0.203 e. The Kier molecular flexibility index (Phi) is 1.45. The van der Waals surface area contributed by atoms with Crippen LogP contribution in [0.2, 0.25) is 0 Å². The highest BCUT2D eigenvalue weighted by Gasteiger charge is 2.38. The van der Waals surface area contributed by atoms with Crippen LogP contribution < -0.4 is 5.32 Å². The molecule has 3 nitrogen and oxygen atoms in total. The molecule has 70 valence electrons. The standard InChI is InChI=1S/C9H13N3S/c1-9(4-5-9)11-8-10-7(12-13-8)6-2-3-6/h6H,2-5H2,1H3,(H,10,11,12). The van der Waals surface area contributed by atoms with Crippen LogP contribution in [-0.2, 0) is 0 Å². The Balaban J connectivity index is 1.73. The molecule has 1 N–H and O–H groups in total. The fourth-order valence-electron chi connectivity index (χ4n) is 1.36. The van der Waals surface area contributed by atoms with E-state index in [-0.39, 0.29) is 0 Å². The van der Waals surface area contributed by atoms with E-state index in [1.165, 1.54) is 37.2 Å². The quantitative estimate of drug-likeness (QED) is 0.804. The number of nitrogens with zero attached hydrogens (tertiary/aromatic N) is 2. The van der Waals surface area contributed by atoms with Gasteiger partial charge in [-0.1, -0.05) is 0 Å². The smallest absolute Gasteiger partial charge is 0.203 e. The van der Waals surface area contributed by atoms with Gasteiger partial charge in [0.1, 0.15) is 5.82 Å². The molecule has 1 aromatic heterocycles. The first-order valence-corrected chi connectivity index (χ1v) is 5.64. The number of aromatic nitrogens is 2. The summed E-state index contributed by atoms with van der Waals surface area (Å²) in [7, 11) is 0. The maximum absolute atomic E-state index is 4.49. The van der Waals surface area contributed by atoms with Gasteiger partial charge in [0.25, 0.3) is 0 Å². The third-order valence-electron chi connectivity index (χ3n) is 2.79. The molecule has 0 bridgehead atoms. The molecule has 0 unspecified atom stereocenters. The van der Waals surface area contributed by atoms with Gasteiger partial charge in [0, 0.05) is 23.0 Å². The molecular weight excluding hydrogens is 182 g/mol. The molecule has 2 fully saturated rings. The van der Waals surface area contributed by atoms with E-state index in [2.05, 4.69) is 21.6 Å². The Morgan fingerprint density at radius 2 is 2.23 bits per heavy atom. The van der Waals surface area contributed by atoms with E-state index >= 15 is 0 Å². The van der Waals surface area contributed by atoms with E-state index in [4.69, 9.17) is 0 Å². The summed E-state index contributed by atoms with van der Waals surface area (Å²) in [5.74, 6) is 1.75. The first-order valence-electron chi connectivity index (χ1n) is 4.87. The average Bonchev–Trinajstić information content (AvgIpc) is 2.99. The molecule has 4 heteroatoms. The number of hydrogen-bond acceptors (Lipinski definition) is 4. The van der Waals surface area contributed by atoms with Crippen LogP contribution in [0.25, 0.3) is 0 Å². The minimum absolute atomic E-state index is 0.334. The minimum Gasteiger partial charge on any atom is -0.355 e. The lowest BCUT2D eigenvalue weighted by molar-refractivity contribution is 0.823. The second-order valence-electron chi connectivity index (χ2n) is 4.42. The zero-order valence-electron chi connectivity index (χ0n) is 7.71. The number of hydrogen-bond donors (Lipinski definition) is 1. The van der Waals surface area contributed by atoms with Crippen molar-refractivity contribution in [1.82, 2.24) is 9.36 Å². The summed E-state index contributed by atoms with van der Waals surface area (Å²) in [6, 6.07) is 0. The van der Waals surface area contributed by atoms with Gasteiger partial charge in [0.15, 0.2) is 0 Å². The Bertz CT molecular complexity index is 325. The molecule has 1 heterocycles. The monoisotopic (exact) mass is 195 g/mol. The van der Waals surface area contributed by atoms with Crippen LogP contribution in [0, 0.1) is 0 Å². The highest BCUT2D eigenvalue weighted by Crippen LogP contribution is 2.41. The van der Waals surface area contributed by atoms with Gasteiger partial charge < -0.3 is 5.32 Å². The fourth-order valence-corrected chi connectivity index (χ4v) is 2.16. The first kappa shape index (κ1) is 7.74. The maximum atomic E-state index is 4.49. The molecule has 0 radical (unpaired) electrons. The lowest BCUT2D eigenvalue weighted by Crippen LogP contribution is -2.15. The Hall–Kier alpha value is -0.640. The van der Waals surface area contributed by atoms with Crippen molar-refractivity contribution < 1.29 is 0 Å². The fraction of sp³-hybridized carbons (Fsp3) is 0.778. The highest BCUT2D eigenvalue weighted by atomic mass is 32.1. The van der Waals surface area contributed by atoms with E-state index < -0.39 is 0 Å². The predicted octanol–water partition coefficient (Wildman–Crippen LogP) is 2.38. The molecule has 2 aliphatic rings. The molecule has 0 aliphatic heterocycles. The zero-order valence-corrected chi connectivity index (χ0v) is 8.52. The topological polar surface area (TPSA) is 37.8 Å². The minimum atomic E-state index is 0.334. The number of rotatable bonds is 3. The Morgan fingerprint density at radius 3 is 2.85 bits per heavy atom. The second kappa shape index (κ2) is 2.44. The lowest BCUT2D eigenvalue weighted by atomic mass is 10.3. The van der Waals surface area contributed by atoms with E-state index in [1.54, 1.807) is 0 Å². The number of anilines is 1. The molecule has 0 amide bonds. The van der Waals surface area contributed by atoms with Crippen LogP contribution in [-0.4, -0.2) is 14.9 Å². The summed E-state index contributed by atoms with van der Waals surface area (Å²) in [6.07, 6.45) is 5.11. The van der Waals surface area contributed by atoms with Gasteiger partial charge in [-0.3, -0.25) is 0 Å². The van der Waals surface area contributed by atoms with E-state index in [0.717, 1.165) is 11.0 Å². The van der Waals surface area contributed by atoms with E-state index in [9.17, 15) is 0 Å². The summed E-state index contributed by atoms with van der Waals surface area (Å²) >= 11 is 1.51. The summed E-state index contributed by atoms with van der Waals surface area (Å²) in [5, 5.41) is 4.46. The van der Waals surface area contributed by atoms with Gasteiger partial charge in [-0.2, -0.15) is 4.37 Å². The predicted molar refractivity (Wildman–Crippen MR) is 53.1 cm³/mol. The molecule has 1 aromatic rings. The van der Waals surface area contributed by atoms with Crippen molar-refractivity contribution in [2.24, 2.45) is 0 Å². The Labute approximate surface area is 81.7 Å². The number of nitrogens with one attached hydrogen (secondary N) is 1. The van der Waals surface area contributed by atoms with Gasteiger partial charge in [-0.15, -0.1) is 0 Å². The molecule has 0 aromatic carbocycles. The van der Waals surface area contributed by atoms with Gasteiger partial charge in [-0.25, -0.2) is 4.98 Å². The first-order chi connectivity index (χ1) is 6.25. The summed E-state index contributed by atoms with van der Waals surface area (Å²) in [5.41, 5.74) is 0.334. The van der Waals surface area contributed by atoms with Crippen molar-refractivity contribution in [2.75, 3.05) is 5.32 Å². The van der Waals surface area contributed by atoms with Gasteiger partial charge in [-0.05, 0) is 32.6 Å². The van der Waals surface area contributed by atoms with E-state index in [0.29, 0.717) is 11.5 Å². The van der Waals surface area contributed by atoms with Crippen molar-refractivity contribution in [3.8, 4) is 0 Å². The van der Waals surface area contributed by atoms with Gasteiger partial charge in [0.05, 0.1) is 0 Å². The normalized spacial score (nSPS) is 24.4.